The number of halogens is 1. The Kier molecular flexibility index (Phi) is 4.61. The van der Waals surface area contributed by atoms with Crippen LogP contribution in [0.2, 0.25) is 5.02 Å². The number of benzene rings is 1. The molecule has 0 bridgehead atoms. The Labute approximate surface area is 112 Å². The van der Waals surface area contributed by atoms with Gasteiger partial charge in [-0.25, -0.2) is 0 Å². The second-order valence-electron chi connectivity index (χ2n) is 4.74. The van der Waals surface area contributed by atoms with Crippen molar-refractivity contribution in [3.05, 3.63) is 28.8 Å². The smallest absolute Gasteiger partial charge is 0.176 e. The van der Waals surface area contributed by atoms with Crippen molar-refractivity contribution in [3.63, 3.8) is 0 Å². The van der Waals surface area contributed by atoms with Crippen molar-refractivity contribution in [3.8, 4) is 5.75 Å². The van der Waals surface area contributed by atoms with E-state index in [1.165, 1.54) is 19.3 Å². The van der Waals surface area contributed by atoms with Gasteiger partial charge in [0.05, 0.1) is 13.2 Å². The normalized spacial score (nSPS) is 15.2. The van der Waals surface area contributed by atoms with Gasteiger partial charge in [0.15, 0.2) is 5.78 Å². The van der Waals surface area contributed by atoms with Crippen molar-refractivity contribution in [2.45, 2.75) is 19.3 Å². The number of carbonyl (C=O) groups is 1. The molecule has 2 rings (SSSR count). The summed E-state index contributed by atoms with van der Waals surface area (Å²) in [5.41, 5.74) is 0.598. The van der Waals surface area contributed by atoms with Crippen LogP contribution in [0.4, 0.5) is 0 Å². The minimum Gasteiger partial charge on any atom is -0.493 e. The van der Waals surface area contributed by atoms with Crippen molar-refractivity contribution >= 4 is 17.4 Å². The Bertz CT molecular complexity index is 430. The lowest BCUT2D eigenvalue weighted by atomic mass is 9.86. The highest BCUT2D eigenvalue weighted by atomic mass is 35.5. The fourth-order valence-corrected chi connectivity index (χ4v) is 2.17. The molecular weight excluding hydrogens is 250 g/mol. The summed E-state index contributed by atoms with van der Waals surface area (Å²) < 4.78 is 5.70. The SMILES string of the molecule is CNCC(=O)c1cc(Cl)cc(OCC2CCC2)c1. The van der Waals surface area contributed by atoms with Gasteiger partial charge in [-0.1, -0.05) is 18.0 Å². The van der Waals surface area contributed by atoms with Crippen molar-refractivity contribution in [1.82, 2.24) is 5.32 Å². The highest BCUT2D eigenvalue weighted by Gasteiger charge is 2.18. The van der Waals surface area contributed by atoms with Gasteiger partial charge in [0.1, 0.15) is 5.75 Å². The molecule has 0 aromatic heterocycles. The summed E-state index contributed by atoms with van der Waals surface area (Å²) in [6.07, 6.45) is 3.79. The lowest BCUT2D eigenvalue weighted by Crippen LogP contribution is -2.20. The molecule has 1 aromatic rings. The van der Waals surface area contributed by atoms with E-state index in [4.69, 9.17) is 16.3 Å². The largest absolute Gasteiger partial charge is 0.493 e. The van der Waals surface area contributed by atoms with Crippen LogP contribution in [0.1, 0.15) is 29.6 Å². The Morgan fingerprint density at radius 1 is 1.44 bits per heavy atom. The molecule has 1 aromatic carbocycles. The monoisotopic (exact) mass is 267 g/mol. The first kappa shape index (κ1) is 13.4. The third-order valence-corrected chi connectivity index (χ3v) is 3.46. The molecule has 1 fully saturated rings. The Morgan fingerprint density at radius 2 is 2.22 bits per heavy atom. The molecule has 0 radical (unpaired) electrons. The molecule has 1 aliphatic carbocycles. The average molecular weight is 268 g/mol. The highest BCUT2D eigenvalue weighted by molar-refractivity contribution is 6.31. The van der Waals surface area contributed by atoms with E-state index in [9.17, 15) is 4.79 Å². The number of rotatable bonds is 6. The Morgan fingerprint density at radius 3 is 2.83 bits per heavy atom. The highest BCUT2D eigenvalue weighted by Crippen LogP contribution is 2.28. The first-order valence-electron chi connectivity index (χ1n) is 6.30. The summed E-state index contributed by atoms with van der Waals surface area (Å²) in [6, 6.07) is 5.21. The minimum atomic E-state index is 0.0218. The molecule has 0 spiro atoms. The number of hydrogen-bond donors (Lipinski definition) is 1. The van der Waals surface area contributed by atoms with Gasteiger partial charge in [0.2, 0.25) is 0 Å². The van der Waals surface area contributed by atoms with E-state index in [-0.39, 0.29) is 5.78 Å². The summed E-state index contributed by atoms with van der Waals surface area (Å²) in [5.74, 6) is 1.38. The zero-order valence-electron chi connectivity index (χ0n) is 10.5. The molecule has 0 amide bonds. The summed E-state index contributed by atoms with van der Waals surface area (Å²) in [7, 11) is 1.75. The predicted octanol–water partition coefficient (Wildman–Crippen LogP) is 2.92. The lowest BCUT2D eigenvalue weighted by molar-refractivity contribution is 0.0993. The van der Waals surface area contributed by atoms with Crippen LogP contribution in [-0.2, 0) is 0 Å². The number of ether oxygens (including phenoxy) is 1. The average Bonchev–Trinajstić information content (AvgIpc) is 2.26. The summed E-state index contributed by atoms with van der Waals surface area (Å²) in [6.45, 7) is 1.03. The van der Waals surface area contributed by atoms with Crippen LogP contribution in [0.15, 0.2) is 18.2 Å². The van der Waals surface area contributed by atoms with Crippen molar-refractivity contribution in [1.29, 1.82) is 0 Å². The van der Waals surface area contributed by atoms with Crippen LogP contribution >= 0.6 is 11.6 Å². The fourth-order valence-electron chi connectivity index (χ4n) is 1.94. The first-order chi connectivity index (χ1) is 8.69. The topological polar surface area (TPSA) is 38.3 Å². The molecule has 98 valence electrons. The van der Waals surface area contributed by atoms with Crippen LogP contribution < -0.4 is 10.1 Å². The van der Waals surface area contributed by atoms with Crippen LogP contribution in [0.3, 0.4) is 0 Å². The van der Waals surface area contributed by atoms with Gasteiger partial charge in [0.25, 0.3) is 0 Å². The second kappa shape index (κ2) is 6.21. The van der Waals surface area contributed by atoms with Gasteiger partial charge >= 0.3 is 0 Å². The van der Waals surface area contributed by atoms with Gasteiger partial charge in [0, 0.05) is 10.6 Å². The van der Waals surface area contributed by atoms with Crippen LogP contribution in [0.5, 0.6) is 5.75 Å². The molecule has 4 heteroatoms. The number of Topliss-reactive ketones (excluding diaryl/α,β-unsaturated/α-hetero) is 1. The van der Waals surface area contributed by atoms with Crippen molar-refractivity contribution in [2.75, 3.05) is 20.2 Å². The molecular formula is C14H18ClNO2. The molecule has 0 aliphatic heterocycles. The van der Waals surface area contributed by atoms with E-state index in [0.29, 0.717) is 28.8 Å². The summed E-state index contributed by atoms with van der Waals surface area (Å²) >= 11 is 6.00. The molecule has 1 saturated carbocycles. The van der Waals surface area contributed by atoms with E-state index in [1.54, 1.807) is 25.2 Å². The lowest BCUT2D eigenvalue weighted by Gasteiger charge is -2.25. The summed E-state index contributed by atoms with van der Waals surface area (Å²) in [5, 5.41) is 3.38. The van der Waals surface area contributed by atoms with Gasteiger partial charge in [-0.05, 0) is 44.0 Å². The molecule has 0 heterocycles. The van der Waals surface area contributed by atoms with Crippen LogP contribution in [-0.4, -0.2) is 26.0 Å². The second-order valence-corrected chi connectivity index (χ2v) is 5.17. The predicted molar refractivity (Wildman–Crippen MR) is 72.5 cm³/mol. The van der Waals surface area contributed by atoms with E-state index in [1.807, 2.05) is 0 Å². The van der Waals surface area contributed by atoms with E-state index >= 15 is 0 Å². The third kappa shape index (κ3) is 3.47. The number of hydrogen-bond acceptors (Lipinski definition) is 3. The maximum atomic E-state index is 11.8. The first-order valence-corrected chi connectivity index (χ1v) is 6.68. The standard InChI is InChI=1S/C14H18ClNO2/c1-16-8-14(17)11-5-12(15)7-13(6-11)18-9-10-3-2-4-10/h5-7,10,16H,2-4,8-9H2,1H3. The van der Waals surface area contributed by atoms with Gasteiger partial charge < -0.3 is 10.1 Å². The molecule has 18 heavy (non-hydrogen) atoms. The molecule has 0 unspecified atom stereocenters. The molecule has 1 aliphatic rings. The zero-order chi connectivity index (χ0) is 13.0. The Balaban J connectivity index is 2.02. The minimum absolute atomic E-state index is 0.0218. The van der Waals surface area contributed by atoms with E-state index in [2.05, 4.69) is 5.32 Å². The number of likely N-dealkylation sites (N-methyl/N-ethyl adjacent to an activating group) is 1. The van der Waals surface area contributed by atoms with Gasteiger partial charge in [-0.2, -0.15) is 0 Å². The molecule has 0 saturated heterocycles. The fraction of sp³-hybridized carbons (Fsp3) is 0.500. The van der Waals surface area contributed by atoms with E-state index in [0.717, 1.165) is 6.61 Å². The van der Waals surface area contributed by atoms with E-state index < -0.39 is 0 Å². The van der Waals surface area contributed by atoms with Crippen LogP contribution in [0.25, 0.3) is 0 Å². The third-order valence-electron chi connectivity index (χ3n) is 3.24. The zero-order valence-corrected chi connectivity index (χ0v) is 11.3. The number of nitrogens with one attached hydrogen (secondary N) is 1. The van der Waals surface area contributed by atoms with Gasteiger partial charge in [-0.3, -0.25) is 4.79 Å². The maximum Gasteiger partial charge on any atom is 0.176 e. The number of ketones is 1. The van der Waals surface area contributed by atoms with Crippen molar-refractivity contribution in [2.24, 2.45) is 5.92 Å². The molecule has 1 N–H and O–H groups in total. The quantitative estimate of drug-likeness (QED) is 0.806. The number of carbonyl (C=O) groups excluding carboxylic acids is 1. The molecule has 3 nitrogen and oxygen atoms in total. The van der Waals surface area contributed by atoms with Crippen molar-refractivity contribution < 1.29 is 9.53 Å². The van der Waals surface area contributed by atoms with Gasteiger partial charge in [-0.15, -0.1) is 0 Å². The van der Waals surface area contributed by atoms with Crippen LogP contribution in [0, 0.1) is 5.92 Å². The molecule has 0 atom stereocenters. The maximum absolute atomic E-state index is 11.8. The summed E-state index contributed by atoms with van der Waals surface area (Å²) in [4.78, 5) is 11.8. The Hall–Kier alpha value is -1.06.